The van der Waals surface area contributed by atoms with E-state index in [4.69, 9.17) is 4.42 Å². The molecule has 0 bridgehead atoms. The molecule has 0 fully saturated rings. The molecule has 3 aromatic rings. The van der Waals surface area contributed by atoms with Gasteiger partial charge in [0.05, 0.1) is 11.8 Å². The Bertz CT molecular complexity index is 840. The third-order valence-corrected chi connectivity index (χ3v) is 3.43. The highest BCUT2D eigenvalue weighted by molar-refractivity contribution is 5.84. The van der Waals surface area contributed by atoms with Crippen molar-refractivity contribution in [1.29, 1.82) is 0 Å². The van der Waals surface area contributed by atoms with Crippen molar-refractivity contribution >= 4 is 16.9 Å². The molecule has 0 aliphatic rings. The predicted octanol–water partition coefficient (Wildman–Crippen LogP) is 3.80. The highest BCUT2D eigenvalue weighted by Crippen LogP contribution is 2.25. The minimum absolute atomic E-state index is 0.000600. The van der Waals surface area contributed by atoms with Crippen LogP contribution in [0, 0.1) is 11.7 Å². The van der Waals surface area contributed by atoms with Crippen molar-refractivity contribution < 1.29 is 13.6 Å². The van der Waals surface area contributed by atoms with Crippen LogP contribution >= 0.6 is 0 Å². The Morgan fingerprint density at radius 3 is 2.82 bits per heavy atom. The van der Waals surface area contributed by atoms with Gasteiger partial charge < -0.3 is 4.42 Å². The van der Waals surface area contributed by atoms with Crippen LogP contribution in [0.3, 0.4) is 0 Å². The van der Waals surface area contributed by atoms with Gasteiger partial charge in [-0.25, -0.2) is 9.37 Å². The van der Waals surface area contributed by atoms with E-state index >= 15 is 0 Å². The molecule has 22 heavy (non-hydrogen) atoms. The molecule has 0 saturated heterocycles. The van der Waals surface area contributed by atoms with Crippen molar-refractivity contribution in [3.05, 3.63) is 48.0 Å². The third kappa shape index (κ3) is 2.88. The second-order valence-corrected chi connectivity index (χ2v) is 5.51. The molecule has 4 nitrogen and oxygen atoms in total. The summed E-state index contributed by atoms with van der Waals surface area (Å²) >= 11 is 0. The number of ketones is 1. The first-order valence-corrected chi connectivity index (χ1v) is 7.06. The summed E-state index contributed by atoms with van der Waals surface area (Å²) < 4.78 is 18.9. The van der Waals surface area contributed by atoms with Crippen molar-refractivity contribution in [2.24, 2.45) is 5.92 Å². The Hall–Kier alpha value is -2.56. The average molecular weight is 298 g/mol. The molecule has 112 valence electrons. The van der Waals surface area contributed by atoms with Crippen molar-refractivity contribution in [1.82, 2.24) is 9.97 Å². The lowest BCUT2D eigenvalue weighted by Gasteiger charge is -2.03. The van der Waals surface area contributed by atoms with Gasteiger partial charge in [-0.1, -0.05) is 19.9 Å². The van der Waals surface area contributed by atoms with Crippen LogP contribution in [0.4, 0.5) is 4.39 Å². The summed E-state index contributed by atoms with van der Waals surface area (Å²) in [5.41, 5.74) is 2.61. The lowest BCUT2D eigenvalue weighted by Crippen LogP contribution is -2.09. The number of rotatable bonds is 4. The van der Waals surface area contributed by atoms with Crippen LogP contribution < -0.4 is 0 Å². The fourth-order valence-corrected chi connectivity index (χ4v) is 2.14. The zero-order valence-corrected chi connectivity index (χ0v) is 12.3. The van der Waals surface area contributed by atoms with Crippen LogP contribution in [0.25, 0.3) is 22.6 Å². The number of hydrogen-bond acceptors (Lipinski definition) is 4. The molecule has 0 spiro atoms. The van der Waals surface area contributed by atoms with Gasteiger partial charge in [-0.3, -0.25) is 9.78 Å². The number of nitrogens with zero attached hydrogens (tertiary/aromatic N) is 2. The van der Waals surface area contributed by atoms with Gasteiger partial charge in [-0.2, -0.15) is 0 Å². The van der Waals surface area contributed by atoms with E-state index < -0.39 is 5.82 Å². The summed E-state index contributed by atoms with van der Waals surface area (Å²) in [5, 5.41) is 0. The van der Waals surface area contributed by atoms with Gasteiger partial charge >= 0.3 is 0 Å². The summed E-state index contributed by atoms with van der Waals surface area (Å²) in [5.74, 6) is 0.0464. The first-order chi connectivity index (χ1) is 10.5. The van der Waals surface area contributed by atoms with Crippen LogP contribution in [-0.2, 0) is 11.2 Å². The summed E-state index contributed by atoms with van der Waals surface area (Å²) in [6, 6.07) is 6.79. The SMILES string of the molecule is CC(C)C(=O)Cc1ccc2nc(-c3cncc(F)c3)oc2c1. The number of Topliss-reactive ketones (excluding diaryl/α,β-unsaturated/α-hetero) is 1. The number of carbonyl (C=O) groups excluding carboxylic acids is 1. The van der Waals surface area contributed by atoms with Crippen molar-refractivity contribution in [3.63, 3.8) is 0 Å². The Morgan fingerprint density at radius 1 is 1.27 bits per heavy atom. The van der Waals surface area contributed by atoms with E-state index in [0.717, 1.165) is 11.8 Å². The van der Waals surface area contributed by atoms with Gasteiger partial charge in [0, 0.05) is 18.5 Å². The van der Waals surface area contributed by atoms with E-state index in [1.807, 2.05) is 19.9 Å². The molecule has 0 N–H and O–H groups in total. The Labute approximate surface area is 127 Å². The molecular formula is C17H15FN2O2. The number of halogens is 1. The van der Waals surface area contributed by atoms with Crippen LogP contribution in [0.5, 0.6) is 0 Å². The molecule has 2 aromatic heterocycles. The summed E-state index contributed by atoms with van der Waals surface area (Å²) in [6.07, 6.45) is 2.99. The normalized spacial score (nSPS) is 11.3. The second-order valence-electron chi connectivity index (χ2n) is 5.51. The number of aromatic nitrogens is 2. The maximum absolute atomic E-state index is 13.2. The van der Waals surface area contributed by atoms with Gasteiger partial charge in [0.1, 0.15) is 17.1 Å². The van der Waals surface area contributed by atoms with E-state index in [1.54, 1.807) is 12.1 Å². The number of benzene rings is 1. The Balaban J connectivity index is 1.95. The first kappa shape index (κ1) is 14.4. The minimum Gasteiger partial charge on any atom is -0.436 e. The second kappa shape index (κ2) is 5.67. The van der Waals surface area contributed by atoms with Crippen molar-refractivity contribution in [2.75, 3.05) is 0 Å². The number of hydrogen-bond donors (Lipinski definition) is 0. The highest BCUT2D eigenvalue weighted by Gasteiger charge is 2.12. The van der Waals surface area contributed by atoms with E-state index in [9.17, 15) is 9.18 Å². The zero-order valence-electron chi connectivity index (χ0n) is 12.3. The zero-order chi connectivity index (χ0) is 15.7. The molecule has 3 rings (SSSR count). The first-order valence-electron chi connectivity index (χ1n) is 7.06. The molecule has 0 radical (unpaired) electrons. The van der Waals surface area contributed by atoms with Crippen LogP contribution in [0.1, 0.15) is 19.4 Å². The van der Waals surface area contributed by atoms with Crippen LogP contribution in [-0.4, -0.2) is 15.8 Å². The van der Waals surface area contributed by atoms with E-state index in [-0.39, 0.29) is 11.7 Å². The fraction of sp³-hybridized carbons (Fsp3) is 0.235. The summed E-state index contributed by atoms with van der Waals surface area (Å²) in [7, 11) is 0. The largest absolute Gasteiger partial charge is 0.436 e. The molecule has 2 heterocycles. The quantitative estimate of drug-likeness (QED) is 0.735. The van der Waals surface area contributed by atoms with Gasteiger partial charge in [0.15, 0.2) is 5.58 Å². The Kier molecular flexibility index (Phi) is 3.71. The number of pyridine rings is 1. The molecule has 1 aromatic carbocycles. The number of oxazole rings is 1. The Morgan fingerprint density at radius 2 is 2.09 bits per heavy atom. The van der Waals surface area contributed by atoms with E-state index in [2.05, 4.69) is 9.97 Å². The van der Waals surface area contributed by atoms with E-state index in [1.165, 1.54) is 12.3 Å². The summed E-state index contributed by atoms with van der Waals surface area (Å²) in [6.45, 7) is 3.76. The standard InChI is InChI=1S/C17H15FN2O2/c1-10(2)15(21)5-11-3-4-14-16(6-11)22-17(20-14)12-7-13(18)9-19-8-12/h3-4,6-10H,5H2,1-2H3. The van der Waals surface area contributed by atoms with Gasteiger partial charge in [-0.15, -0.1) is 0 Å². The minimum atomic E-state index is -0.442. The van der Waals surface area contributed by atoms with Crippen LogP contribution in [0.2, 0.25) is 0 Å². The van der Waals surface area contributed by atoms with Gasteiger partial charge in [-0.05, 0) is 23.8 Å². The van der Waals surface area contributed by atoms with Crippen molar-refractivity contribution in [2.45, 2.75) is 20.3 Å². The van der Waals surface area contributed by atoms with E-state index in [0.29, 0.717) is 29.0 Å². The molecule has 0 amide bonds. The molecule has 0 aliphatic heterocycles. The topological polar surface area (TPSA) is 56.0 Å². The van der Waals surface area contributed by atoms with Gasteiger partial charge in [0.25, 0.3) is 0 Å². The molecule has 0 unspecified atom stereocenters. The molecular weight excluding hydrogens is 283 g/mol. The van der Waals surface area contributed by atoms with Gasteiger partial charge in [0.2, 0.25) is 5.89 Å². The number of fused-ring (bicyclic) bond motifs is 1. The molecule has 0 atom stereocenters. The third-order valence-electron chi connectivity index (χ3n) is 3.43. The predicted molar refractivity (Wildman–Crippen MR) is 80.7 cm³/mol. The van der Waals surface area contributed by atoms with Crippen LogP contribution in [0.15, 0.2) is 41.1 Å². The molecule has 0 aliphatic carbocycles. The smallest absolute Gasteiger partial charge is 0.228 e. The maximum atomic E-state index is 13.2. The summed E-state index contributed by atoms with van der Waals surface area (Å²) in [4.78, 5) is 19.9. The van der Waals surface area contributed by atoms with Crippen molar-refractivity contribution in [3.8, 4) is 11.5 Å². The lowest BCUT2D eigenvalue weighted by atomic mass is 10.0. The lowest BCUT2D eigenvalue weighted by molar-refractivity contribution is -0.121. The average Bonchev–Trinajstić information content (AvgIpc) is 2.90. The maximum Gasteiger partial charge on any atom is 0.228 e. The number of carbonyl (C=O) groups is 1. The molecule has 0 saturated carbocycles. The highest BCUT2D eigenvalue weighted by atomic mass is 19.1. The monoisotopic (exact) mass is 298 g/mol. The molecule has 5 heteroatoms. The fourth-order valence-electron chi connectivity index (χ4n) is 2.14.